The van der Waals surface area contributed by atoms with Gasteiger partial charge in [0.2, 0.25) is 0 Å². The Balaban J connectivity index is 2.44. The Morgan fingerprint density at radius 1 is 1.25 bits per heavy atom. The van der Waals surface area contributed by atoms with Crippen molar-refractivity contribution in [2.75, 3.05) is 13.7 Å². The van der Waals surface area contributed by atoms with Crippen LogP contribution in [-0.2, 0) is 0 Å². The Hall–Kier alpha value is -1.45. The highest BCUT2D eigenvalue weighted by Gasteiger charge is 2.19. The Labute approximate surface area is 124 Å². The van der Waals surface area contributed by atoms with Gasteiger partial charge in [0.05, 0.1) is 13.2 Å². The third-order valence-electron chi connectivity index (χ3n) is 3.31. The standard InChI is InChI=1S/C16H20ClNO2/c1-5-18-15(13-6-7-14(17)20-13)12-8-10(2)16(19-4)11(3)9-12/h6-9,15,18H,5H2,1-4H3. The predicted molar refractivity (Wildman–Crippen MR) is 81.7 cm³/mol. The molecule has 1 N–H and O–H groups in total. The lowest BCUT2D eigenvalue weighted by molar-refractivity contribution is 0.407. The largest absolute Gasteiger partial charge is 0.496 e. The predicted octanol–water partition coefficient (Wildman–Crippen LogP) is 4.26. The van der Waals surface area contributed by atoms with E-state index in [2.05, 4.69) is 24.4 Å². The van der Waals surface area contributed by atoms with Gasteiger partial charge in [0.25, 0.3) is 0 Å². The number of nitrogens with one attached hydrogen (secondary N) is 1. The Morgan fingerprint density at radius 2 is 1.90 bits per heavy atom. The average Bonchev–Trinajstić information content (AvgIpc) is 2.82. The number of halogens is 1. The fourth-order valence-electron chi connectivity index (χ4n) is 2.54. The lowest BCUT2D eigenvalue weighted by atomic mass is 9.98. The van der Waals surface area contributed by atoms with Gasteiger partial charge < -0.3 is 14.5 Å². The third-order valence-corrected chi connectivity index (χ3v) is 3.51. The van der Waals surface area contributed by atoms with Crippen LogP contribution in [0.15, 0.2) is 28.7 Å². The monoisotopic (exact) mass is 293 g/mol. The van der Waals surface area contributed by atoms with Crippen LogP contribution in [0.25, 0.3) is 0 Å². The maximum Gasteiger partial charge on any atom is 0.193 e. The molecule has 3 nitrogen and oxygen atoms in total. The summed E-state index contributed by atoms with van der Waals surface area (Å²) in [5.74, 6) is 1.75. The first kappa shape index (κ1) is 14.9. The van der Waals surface area contributed by atoms with Gasteiger partial charge in [0.1, 0.15) is 11.5 Å². The molecular weight excluding hydrogens is 274 g/mol. The van der Waals surface area contributed by atoms with Crippen LogP contribution in [0.3, 0.4) is 0 Å². The molecule has 1 aromatic carbocycles. The van der Waals surface area contributed by atoms with Crippen molar-refractivity contribution >= 4 is 11.6 Å². The van der Waals surface area contributed by atoms with Gasteiger partial charge in [0, 0.05) is 0 Å². The molecule has 1 unspecified atom stereocenters. The van der Waals surface area contributed by atoms with E-state index in [-0.39, 0.29) is 6.04 Å². The van der Waals surface area contributed by atoms with Gasteiger partial charge in [-0.2, -0.15) is 0 Å². The number of methoxy groups -OCH3 is 1. The first-order valence-electron chi connectivity index (χ1n) is 6.70. The first-order valence-corrected chi connectivity index (χ1v) is 7.08. The van der Waals surface area contributed by atoms with Crippen molar-refractivity contribution in [3.8, 4) is 5.75 Å². The molecule has 20 heavy (non-hydrogen) atoms. The minimum Gasteiger partial charge on any atom is -0.496 e. The van der Waals surface area contributed by atoms with Crippen LogP contribution in [0.4, 0.5) is 0 Å². The minimum absolute atomic E-state index is 0.00388. The van der Waals surface area contributed by atoms with Gasteiger partial charge in [-0.3, -0.25) is 0 Å². The second kappa shape index (κ2) is 6.33. The van der Waals surface area contributed by atoms with Crippen molar-refractivity contribution in [1.29, 1.82) is 0 Å². The van der Waals surface area contributed by atoms with Gasteiger partial charge in [-0.15, -0.1) is 0 Å². The zero-order valence-corrected chi connectivity index (χ0v) is 13.0. The van der Waals surface area contributed by atoms with E-state index in [0.717, 1.165) is 34.7 Å². The quantitative estimate of drug-likeness (QED) is 0.894. The summed E-state index contributed by atoms with van der Waals surface area (Å²) in [4.78, 5) is 0. The number of hydrogen-bond donors (Lipinski definition) is 1. The van der Waals surface area contributed by atoms with Crippen molar-refractivity contribution in [1.82, 2.24) is 5.32 Å². The lowest BCUT2D eigenvalue weighted by Crippen LogP contribution is -2.21. The normalized spacial score (nSPS) is 12.4. The van der Waals surface area contributed by atoms with E-state index < -0.39 is 0 Å². The van der Waals surface area contributed by atoms with Gasteiger partial charge in [-0.1, -0.05) is 19.1 Å². The first-order chi connectivity index (χ1) is 9.56. The summed E-state index contributed by atoms with van der Waals surface area (Å²) in [5.41, 5.74) is 3.37. The summed E-state index contributed by atoms with van der Waals surface area (Å²) in [6, 6.07) is 7.91. The van der Waals surface area contributed by atoms with Gasteiger partial charge >= 0.3 is 0 Å². The van der Waals surface area contributed by atoms with Crippen LogP contribution in [-0.4, -0.2) is 13.7 Å². The van der Waals surface area contributed by atoms with E-state index in [1.807, 2.05) is 19.9 Å². The van der Waals surface area contributed by atoms with Crippen molar-refractivity contribution in [2.45, 2.75) is 26.8 Å². The number of ether oxygens (including phenoxy) is 1. The van der Waals surface area contributed by atoms with Crippen LogP contribution < -0.4 is 10.1 Å². The third kappa shape index (κ3) is 3.00. The second-order valence-corrected chi connectivity index (χ2v) is 5.19. The fraction of sp³-hybridized carbons (Fsp3) is 0.375. The topological polar surface area (TPSA) is 34.4 Å². The number of furan rings is 1. The zero-order chi connectivity index (χ0) is 14.7. The van der Waals surface area contributed by atoms with Gasteiger partial charge in [-0.25, -0.2) is 0 Å². The zero-order valence-electron chi connectivity index (χ0n) is 12.3. The summed E-state index contributed by atoms with van der Waals surface area (Å²) in [6.45, 7) is 7.01. The van der Waals surface area contributed by atoms with Gasteiger partial charge in [0.15, 0.2) is 5.22 Å². The molecule has 0 bridgehead atoms. The summed E-state index contributed by atoms with van der Waals surface area (Å²) in [7, 11) is 1.70. The molecule has 2 rings (SSSR count). The number of rotatable bonds is 5. The van der Waals surface area contributed by atoms with Crippen LogP contribution in [0.2, 0.25) is 5.22 Å². The summed E-state index contributed by atoms with van der Waals surface area (Å²) < 4.78 is 11.0. The molecule has 1 atom stereocenters. The lowest BCUT2D eigenvalue weighted by Gasteiger charge is -2.19. The van der Waals surface area contributed by atoms with Crippen molar-refractivity contribution in [2.24, 2.45) is 0 Å². The average molecular weight is 294 g/mol. The van der Waals surface area contributed by atoms with E-state index in [9.17, 15) is 0 Å². The fourth-order valence-corrected chi connectivity index (χ4v) is 2.69. The summed E-state index contributed by atoms with van der Waals surface area (Å²) in [6.07, 6.45) is 0. The van der Waals surface area contributed by atoms with Gasteiger partial charge in [-0.05, 0) is 60.8 Å². The Bertz CT molecular complexity index is 569. The molecule has 0 aliphatic rings. The van der Waals surface area contributed by atoms with Crippen LogP contribution in [0, 0.1) is 13.8 Å². The van der Waals surface area contributed by atoms with Crippen LogP contribution in [0.5, 0.6) is 5.75 Å². The number of hydrogen-bond acceptors (Lipinski definition) is 3. The highest BCUT2D eigenvalue weighted by atomic mass is 35.5. The molecule has 0 aliphatic carbocycles. The second-order valence-electron chi connectivity index (χ2n) is 4.82. The van der Waals surface area contributed by atoms with Crippen molar-refractivity contribution in [3.05, 3.63) is 51.9 Å². The van der Waals surface area contributed by atoms with E-state index in [1.54, 1.807) is 13.2 Å². The van der Waals surface area contributed by atoms with Crippen molar-refractivity contribution < 1.29 is 9.15 Å². The molecule has 0 saturated heterocycles. The number of benzene rings is 1. The molecule has 2 aromatic rings. The smallest absolute Gasteiger partial charge is 0.193 e. The highest BCUT2D eigenvalue weighted by molar-refractivity contribution is 6.28. The summed E-state index contributed by atoms with van der Waals surface area (Å²) >= 11 is 5.89. The molecule has 0 radical (unpaired) electrons. The van der Waals surface area contributed by atoms with Crippen LogP contribution >= 0.6 is 11.6 Å². The SMILES string of the molecule is CCNC(c1cc(C)c(OC)c(C)c1)c1ccc(Cl)o1. The van der Waals surface area contributed by atoms with E-state index in [1.165, 1.54) is 0 Å². The highest BCUT2D eigenvalue weighted by Crippen LogP contribution is 2.31. The summed E-state index contributed by atoms with van der Waals surface area (Å²) in [5, 5.41) is 3.83. The molecule has 1 aromatic heterocycles. The maximum absolute atomic E-state index is 5.89. The Morgan fingerprint density at radius 3 is 2.35 bits per heavy atom. The van der Waals surface area contributed by atoms with E-state index >= 15 is 0 Å². The molecule has 0 fully saturated rings. The van der Waals surface area contributed by atoms with E-state index in [4.69, 9.17) is 20.8 Å². The molecule has 0 saturated carbocycles. The number of aryl methyl sites for hydroxylation is 2. The molecule has 0 aliphatic heterocycles. The van der Waals surface area contributed by atoms with E-state index in [0.29, 0.717) is 5.22 Å². The molecule has 0 amide bonds. The maximum atomic E-state index is 5.89. The minimum atomic E-state index is -0.00388. The molecule has 4 heteroatoms. The Kier molecular flexibility index (Phi) is 4.73. The molecule has 0 spiro atoms. The van der Waals surface area contributed by atoms with Crippen LogP contribution in [0.1, 0.15) is 35.4 Å². The molecule has 108 valence electrons. The molecular formula is C16H20ClNO2. The van der Waals surface area contributed by atoms with Crippen molar-refractivity contribution in [3.63, 3.8) is 0 Å². The molecule has 1 heterocycles.